The normalized spacial score (nSPS) is 12.5. The van der Waals surface area contributed by atoms with Gasteiger partial charge in [-0.05, 0) is 48.2 Å². The maximum Gasteiger partial charge on any atom is 0.243 e. The highest BCUT2D eigenvalue weighted by Gasteiger charge is 2.26. The van der Waals surface area contributed by atoms with Gasteiger partial charge < -0.3 is 5.32 Å². The summed E-state index contributed by atoms with van der Waals surface area (Å²) in [7, 11) is -7.20. The Morgan fingerprint density at radius 3 is 1.84 bits per heavy atom. The smallest absolute Gasteiger partial charge is 0.243 e. The number of sulfonamides is 1. The van der Waals surface area contributed by atoms with Crippen LogP contribution in [0.1, 0.15) is 34.1 Å². The zero-order valence-corrected chi connectivity index (χ0v) is 20.6. The number of hydrogen-bond acceptors (Lipinski definition) is 5. The number of amides is 1. The molecule has 2 aromatic rings. The van der Waals surface area contributed by atoms with Gasteiger partial charge in [-0.25, -0.2) is 16.8 Å². The summed E-state index contributed by atoms with van der Waals surface area (Å²) < 4.78 is 52.2. The lowest BCUT2D eigenvalue weighted by atomic mass is 10.2. The van der Waals surface area contributed by atoms with Crippen molar-refractivity contribution in [3.8, 4) is 0 Å². The van der Waals surface area contributed by atoms with Gasteiger partial charge in [-0.3, -0.25) is 4.79 Å². The molecule has 0 saturated carbocycles. The van der Waals surface area contributed by atoms with Crippen LogP contribution in [-0.4, -0.2) is 45.9 Å². The van der Waals surface area contributed by atoms with Crippen LogP contribution in [0.5, 0.6) is 0 Å². The third kappa shape index (κ3) is 7.43. The summed E-state index contributed by atoms with van der Waals surface area (Å²) in [5, 5.41) is 2.63. The van der Waals surface area contributed by atoms with E-state index in [-0.39, 0.29) is 33.8 Å². The fraction of sp³-hybridized carbons (Fsp3) is 0.435. The zero-order valence-electron chi connectivity index (χ0n) is 19.0. The minimum absolute atomic E-state index is 0.156. The number of anilines is 1. The van der Waals surface area contributed by atoms with Gasteiger partial charge in [0.05, 0.1) is 15.5 Å². The van der Waals surface area contributed by atoms with E-state index < -0.39 is 25.8 Å². The minimum Gasteiger partial charge on any atom is -0.326 e. The van der Waals surface area contributed by atoms with Crippen LogP contribution < -0.4 is 5.32 Å². The summed E-state index contributed by atoms with van der Waals surface area (Å²) in [5.41, 5.74) is 0.408. The molecule has 0 aliphatic rings. The lowest BCUT2D eigenvalue weighted by Gasteiger charge is -2.25. The van der Waals surface area contributed by atoms with Gasteiger partial charge in [-0.15, -0.1) is 0 Å². The van der Waals surface area contributed by atoms with Crippen molar-refractivity contribution < 1.29 is 21.6 Å². The van der Waals surface area contributed by atoms with Gasteiger partial charge in [0.2, 0.25) is 15.9 Å². The van der Waals surface area contributed by atoms with Crippen molar-refractivity contribution in [1.82, 2.24) is 4.31 Å². The third-order valence-corrected chi connectivity index (χ3v) is 8.19. The van der Waals surface area contributed by atoms with Crippen molar-refractivity contribution in [2.24, 2.45) is 11.8 Å². The molecule has 9 heteroatoms. The second-order valence-electron chi connectivity index (χ2n) is 8.56. The summed E-state index contributed by atoms with van der Waals surface area (Å²) in [6, 6.07) is 13.9. The summed E-state index contributed by atoms with van der Waals surface area (Å²) in [6.45, 7) is 8.74. The maximum absolute atomic E-state index is 13.1. The Kier molecular flexibility index (Phi) is 9.00. The predicted molar refractivity (Wildman–Crippen MR) is 127 cm³/mol. The molecule has 0 aromatic heterocycles. The van der Waals surface area contributed by atoms with Crippen molar-refractivity contribution in [3.05, 3.63) is 54.6 Å². The molecule has 0 aliphatic heterocycles. The molecule has 0 unspecified atom stereocenters. The van der Waals surface area contributed by atoms with Gasteiger partial charge in [0.1, 0.15) is 0 Å². The van der Waals surface area contributed by atoms with Crippen molar-refractivity contribution in [1.29, 1.82) is 0 Å². The van der Waals surface area contributed by atoms with Crippen molar-refractivity contribution in [3.63, 3.8) is 0 Å². The quantitative estimate of drug-likeness (QED) is 0.527. The molecule has 32 heavy (non-hydrogen) atoms. The van der Waals surface area contributed by atoms with E-state index in [0.717, 1.165) is 0 Å². The average Bonchev–Trinajstić information content (AvgIpc) is 2.72. The number of hydrogen-bond donors (Lipinski definition) is 1. The highest BCUT2D eigenvalue weighted by molar-refractivity contribution is 7.91. The van der Waals surface area contributed by atoms with Crippen molar-refractivity contribution in [2.75, 3.05) is 24.2 Å². The number of carbonyl (C=O) groups is 1. The standard InChI is InChI=1S/C23H32N2O5S2/c1-18(2)16-25(17-19(3)4)32(29,30)22-12-10-20(11-13-22)24-23(26)14-15-31(27,28)21-8-6-5-7-9-21/h5-13,18-19H,14-17H2,1-4H3,(H,24,26). The topological polar surface area (TPSA) is 101 Å². The van der Waals surface area contributed by atoms with Crippen molar-refractivity contribution >= 4 is 31.5 Å². The van der Waals surface area contributed by atoms with Crippen LogP contribution in [0.3, 0.4) is 0 Å². The first kappa shape index (κ1) is 26.0. The Bertz CT molecular complexity index is 1080. The predicted octanol–water partition coefficient (Wildman–Crippen LogP) is 3.79. The van der Waals surface area contributed by atoms with E-state index in [1.54, 1.807) is 18.2 Å². The van der Waals surface area contributed by atoms with Crippen LogP contribution >= 0.6 is 0 Å². The van der Waals surface area contributed by atoms with Crippen LogP contribution in [0.25, 0.3) is 0 Å². The Morgan fingerprint density at radius 2 is 1.34 bits per heavy atom. The second kappa shape index (κ2) is 11.1. The monoisotopic (exact) mass is 480 g/mol. The average molecular weight is 481 g/mol. The molecule has 2 rings (SSSR count). The van der Waals surface area contributed by atoms with E-state index in [9.17, 15) is 21.6 Å². The Labute approximate surface area is 191 Å². The molecule has 1 amide bonds. The van der Waals surface area contributed by atoms with Gasteiger partial charge in [-0.2, -0.15) is 4.31 Å². The van der Waals surface area contributed by atoms with E-state index in [2.05, 4.69) is 5.32 Å². The molecule has 176 valence electrons. The molecule has 0 spiro atoms. The molecule has 0 radical (unpaired) electrons. The molecule has 0 aliphatic carbocycles. The molecular weight excluding hydrogens is 448 g/mol. The van der Waals surface area contributed by atoms with E-state index in [0.29, 0.717) is 18.8 Å². The van der Waals surface area contributed by atoms with Gasteiger partial charge >= 0.3 is 0 Å². The highest BCUT2D eigenvalue weighted by atomic mass is 32.2. The molecule has 2 aromatic carbocycles. The van der Waals surface area contributed by atoms with Crippen LogP contribution in [0.4, 0.5) is 5.69 Å². The zero-order chi connectivity index (χ0) is 23.9. The number of benzene rings is 2. The van der Waals surface area contributed by atoms with E-state index in [1.165, 1.54) is 40.7 Å². The SMILES string of the molecule is CC(C)CN(CC(C)C)S(=O)(=O)c1ccc(NC(=O)CCS(=O)(=O)c2ccccc2)cc1. The molecule has 0 bridgehead atoms. The second-order valence-corrected chi connectivity index (χ2v) is 12.6. The largest absolute Gasteiger partial charge is 0.326 e. The number of carbonyl (C=O) groups excluding carboxylic acids is 1. The number of nitrogens with zero attached hydrogens (tertiary/aromatic N) is 1. The Morgan fingerprint density at radius 1 is 0.812 bits per heavy atom. The molecule has 0 atom stereocenters. The van der Waals surface area contributed by atoms with Gasteiger partial charge in [0.25, 0.3) is 0 Å². The van der Waals surface area contributed by atoms with Gasteiger partial charge in [-0.1, -0.05) is 45.9 Å². The van der Waals surface area contributed by atoms with E-state index in [1.807, 2.05) is 27.7 Å². The molecule has 0 fully saturated rings. The maximum atomic E-state index is 13.1. The number of rotatable bonds is 11. The summed E-state index contributed by atoms with van der Waals surface area (Å²) >= 11 is 0. The number of sulfone groups is 1. The molecule has 0 saturated heterocycles. The van der Waals surface area contributed by atoms with Crippen LogP contribution in [-0.2, 0) is 24.7 Å². The first-order valence-corrected chi connectivity index (χ1v) is 13.7. The van der Waals surface area contributed by atoms with E-state index >= 15 is 0 Å². The van der Waals surface area contributed by atoms with E-state index in [4.69, 9.17) is 0 Å². The summed E-state index contributed by atoms with van der Waals surface area (Å²) in [4.78, 5) is 12.6. The fourth-order valence-corrected chi connectivity index (χ4v) is 6.17. The first-order valence-electron chi connectivity index (χ1n) is 10.6. The molecular formula is C23H32N2O5S2. The van der Waals surface area contributed by atoms with Crippen LogP contribution in [0.15, 0.2) is 64.4 Å². The van der Waals surface area contributed by atoms with Crippen LogP contribution in [0.2, 0.25) is 0 Å². The molecule has 7 nitrogen and oxygen atoms in total. The third-order valence-electron chi connectivity index (χ3n) is 4.61. The first-order chi connectivity index (χ1) is 14.9. The summed E-state index contributed by atoms with van der Waals surface area (Å²) in [6.07, 6.45) is -0.201. The van der Waals surface area contributed by atoms with Gasteiger partial charge in [0.15, 0.2) is 9.84 Å². The lowest BCUT2D eigenvalue weighted by Crippen LogP contribution is -2.37. The highest BCUT2D eigenvalue weighted by Crippen LogP contribution is 2.21. The fourth-order valence-electron chi connectivity index (χ4n) is 3.14. The van der Waals surface area contributed by atoms with Crippen molar-refractivity contribution in [2.45, 2.75) is 43.9 Å². The minimum atomic E-state index is -3.66. The summed E-state index contributed by atoms with van der Waals surface area (Å²) in [5.74, 6) is -0.390. The Hall–Kier alpha value is -2.23. The van der Waals surface area contributed by atoms with Gasteiger partial charge in [0, 0.05) is 25.2 Å². The number of nitrogens with one attached hydrogen (secondary N) is 1. The molecule has 1 N–H and O–H groups in total. The lowest BCUT2D eigenvalue weighted by molar-refractivity contribution is -0.115. The van der Waals surface area contributed by atoms with Crippen LogP contribution in [0, 0.1) is 11.8 Å². The molecule has 0 heterocycles. The Balaban J connectivity index is 2.04.